The van der Waals surface area contributed by atoms with Gasteiger partial charge in [-0.15, -0.1) is 0 Å². The molecule has 2 aromatic rings. The summed E-state index contributed by atoms with van der Waals surface area (Å²) in [5, 5.41) is 12.7. The second-order valence-electron chi connectivity index (χ2n) is 5.15. The first kappa shape index (κ1) is 14.4. The lowest BCUT2D eigenvalue weighted by molar-refractivity contribution is 0.171. The predicted molar refractivity (Wildman–Crippen MR) is 83.9 cm³/mol. The van der Waals surface area contributed by atoms with E-state index < -0.39 is 0 Å². The van der Waals surface area contributed by atoms with Crippen molar-refractivity contribution in [3.63, 3.8) is 0 Å². The van der Waals surface area contributed by atoms with Crippen molar-refractivity contribution in [3.05, 3.63) is 59.7 Å². The molecule has 4 heteroatoms. The molecule has 1 aliphatic heterocycles. The monoisotopic (exact) mass is 294 g/mol. The number of benzene rings is 2. The van der Waals surface area contributed by atoms with Gasteiger partial charge in [-0.3, -0.25) is 5.32 Å². The van der Waals surface area contributed by atoms with Crippen LogP contribution in [-0.4, -0.2) is 19.8 Å². The van der Waals surface area contributed by atoms with Gasteiger partial charge in [0.25, 0.3) is 0 Å². The van der Waals surface area contributed by atoms with Gasteiger partial charge < -0.3 is 9.47 Å². The van der Waals surface area contributed by atoms with E-state index in [4.69, 9.17) is 9.47 Å². The second kappa shape index (κ2) is 6.97. The van der Waals surface area contributed by atoms with E-state index in [0.29, 0.717) is 19.0 Å². The topological polar surface area (TPSA) is 54.3 Å². The Bertz CT molecular complexity index is 665. The number of nitrogens with one attached hydrogen (secondary N) is 1. The summed E-state index contributed by atoms with van der Waals surface area (Å²) in [5.41, 5.74) is 2.16. The van der Waals surface area contributed by atoms with Crippen LogP contribution in [0.25, 0.3) is 0 Å². The van der Waals surface area contributed by atoms with Gasteiger partial charge in [0.2, 0.25) is 0 Å². The first-order chi connectivity index (χ1) is 10.9. The molecule has 0 amide bonds. The summed E-state index contributed by atoms with van der Waals surface area (Å²) in [6.45, 7) is 1.87. The van der Waals surface area contributed by atoms with E-state index in [9.17, 15) is 5.26 Å². The summed E-state index contributed by atoms with van der Waals surface area (Å²) in [7, 11) is 0. The normalized spacial score (nSPS) is 14.1. The van der Waals surface area contributed by atoms with Crippen LogP contribution in [0.15, 0.2) is 48.5 Å². The number of nitriles is 1. The van der Waals surface area contributed by atoms with E-state index >= 15 is 0 Å². The highest BCUT2D eigenvalue weighted by Gasteiger charge is 2.16. The van der Waals surface area contributed by atoms with Crippen LogP contribution in [0.1, 0.15) is 17.2 Å². The lowest BCUT2D eigenvalue weighted by atomic mass is 10.1. The van der Waals surface area contributed by atoms with Gasteiger partial charge in [-0.05, 0) is 29.7 Å². The van der Waals surface area contributed by atoms with E-state index in [1.165, 1.54) is 5.56 Å². The molecule has 0 saturated heterocycles. The summed E-state index contributed by atoms with van der Waals surface area (Å²) in [5.74, 6) is 1.46. The summed E-state index contributed by atoms with van der Waals surface area (Å²) < 4.78 is 11.1. The van der Waals surface area contributed by atoms with E-state index in [0.717, 1.165) is 24.3 Å². The van der Waals surface area contributed by atoms with Crippen LogP contribution in [0, 0.1) is 11.3 Å². The molecule has 0 radical (unpaired) electrons. The predicted octanol–water partition coefficient (Wildman–Crippen LogP) is 2.85. The molecule has 1 heterocycles. The van der Waals surface area contributed by atoms with Crippen molar-refractivity contribution in [3.8, 4) is 17.6 Å². The van der Waals surface area contributed by atoms with Gasteiger partial charge >= 0.3 is 0 Å². The van der Waals surface area contributed by atoms with Crippen molar-refractivity contribution in [2.75, 3.05) is 19.8 Å². The van der Waals surface area contributed by atoms with E-state index in [-0.39, 0.29) is 6.04 Å². The number of hydrogen-bond acceptors (Lipinski definition) is 4. The van der Waals surface area contributed by atoms with Crippen LogP contribution < -0.4 is 14.8 Å². The maximum absolute atomic E-state index is 9.40. The Hall–Kier alpha value is -2.51. The molecular weight excluding hydrogens is 276 g/mol. The zero-order valence-corrected chi connectivity index (χ0v) is 12.3. The Balaban J connectivity index is 1.63. The Kier molecular flexibility index (Phi) is 4.57. The highest BCUT2D eigenvalue weighted by Crippen LogP contribution is 2.32. The quantitative estimate of drug-likeness (QED) is 0.921. The molecule has 1 aliphatic rings. The number of ether oxygens (including phenoxy) is 2. The molecule has 0 fully saturated rings. The number of fused-ring (bicyclic) bond motifs is 1. The third kappa shape index (κ3) is 3.38. The van der Waals surface area contributed by atoms with Crippen molar-refractivity contribution >= 4 is 0 Å². The minimum atomic E-state index is -0.348. The van der Waals surface area contributed by atoms with Gasteiger partial charge in [-0.25, -0.2) is 0 Å². The molecule has 22 heavy (non-hydrogen) atoms. The van der Waals surface area contributed by atoms with Crippen LogP contribution in [0.5, 0.6) is 11.5 Å². The average molecular weight is 294 g/mol. The lowest BCUT2D eigenvalue weighted by Crippen LogP contribution is -2.23. The first-order valence-corrected chi connectivity index (χ1v) is 7.43. The molecular formula is C18H18N2O2. The second-order valence-corrected chi connectivity index (χ2v) is 5.15. The van der Waals surface area contributed by atoms with Crippen LogP contribution in [0.2, 0.25) is 0 Å². The molecule has 112 valence electrons. The fourth-order valence-corrected chi connectivity index (χ4v) is 2.48. The Labute approximate surface area is 130 Å². The van der Waals surface area contributed by atoms with Crippen LogP contribution >= 0.6 is 0 Å². The largest absolute Gasteiger partial charge is 0.486 e. The highest BCUT2D eigenvalue weighted by molar-refractivity contribution is 5.45. The van der Waals surface area contributed by atoms with Crippen molar-refractivity contribution < 1.29 is 9.47 Å². The molecule has 1 unspecified atom stereocenters. The molecule has 0 spiro atoms. The van der Waals surface area contributed by atoms with E-state index in [2.05, 4.69) is 23.5 Å². The third-order valence-electron chi connectivity index (χ3n) is 3.63. The highest BCUT2D eigenvalue weighted by atomic mass is 16.6. The SMILES string of the molecule is N#CC(NCCc1ccccc1)c1ccc2c(c1)OCCO2. The Morgan fingerprint density at radius 1 is 1.05 bits per heavy atom. The summed E-state index contributed by atoms with van der Waals surface area (Å²) in [6.07, 6.45) is 0.892. The molecule has 1 N–H and O–H groups in total. The van der Waals surface area contributed by atoms with Gasteiger partial charge in [0.15, 0.2) is 11.5 Å². The van der Waals surface area contributed by atoms with E-state index in [1.807, 2.05) is 36.4 Å². The van der Waals surface area contributed by atoms with Crippen molar-refractivity contribution in [1.82, 2.24) is 5.32 Å². The molecule has 3 rings (SSSR count). The van der Waals surface area contributed by atoms with Crippen molar-refractivity contribution in [2.45, 2.75) is 12.5 Å². The fourth-order valence-electron chi connectivity index (χ4n) is 2.48. The summed E-state index contributed by atoms with van der Waals surface area (Å²) in [4.78, 5) is 0. The van der Waals surface area contributed by atoms with E-state index in [1.54, 1.807) is 0 Å². The van der Waals surface area contributed by atoms with Crippen molar-refractivity contribution in [2.24, 2.45) is 0 Å². The molecule has 0 bridgehead atoms. The van der Waals surface area contributed by atoms with Crippen molar-refractivity contribution in [1.29, 1.82) is 5.26 Å². The van der Waals surface area contributed by atoms with Gasteiger partial charge in [0, 0.05) is 6.54 Å². The molecule has 1 atom stereocenters. The molecule has 2 aromatic carbocycles. The smallest absolute Gasteiger partial charge is 0.161 e. The minimum absolute atomic E-state index is 0.348. The van der Waals surface area contributed by atoms with Gasteiger partial charge in [0.1, 0.15) is 19.3 Å². The zero-order chi connectivity index (χ0) is 15.2. The summed E-state index contributed by atoms with van der Waals surface area (Å²) in [6, 6.07) is 17.9. The third-order valence-corrected chi connectivity index (χ3v) is 3.63. The number of hydrogen-bond donors (Lipinski definition) is 1. The first-order valence-electron chi connectivity index (χ1n) is 7.43. The van der Waals surface area contributed by atoms with Gasteiger partial charge in [-0.1, -0.05) is 36.4 Å². The Morgan fingerprint density at radius 3 is 2.59 bits per heavy atom. The average Bonchev–Trinajstić information content (AvgIpc) is 2.59. The molecule has 4 nitrogen and oxygen atoms in total. The molecule has 0 saturated carbocycles. The molecule has 0 aromatic heterocycles. The van der Waals surface area contributed by atoms with Gasteiger partial charge in [-0.2, -0.15) is 5.26 Å². The Morgan fingerprint density at radius 2 is 1.82 bits per heavy atom. The lowest BCUT2D eigenvalue weighted by Gasteiger charge is -2.20. The van der Waals surface area contributed by atoms with Crippen LogP contribution in [-0.2, 0) is 6.42 Å². The zero-order valence-electron chi connectivity index (χ0n) is 12.3. The minimum Gasteiger partial charge on any atom is -0.486 e. The molecule has 0 aliphatic carbocycles. The maximum Gasteiger partial charge on any atom is 0.161 e. The van der Waals surface area contributed by atoms with Crippen LogP contribution in [0.3, 0.4) is 0 Å². The maximum atomic E-state index is 9.40. The van der Waals surface area contributed by atoms with Gasteiger partial charge in [0.05, 0.1) is 6.07 Å². The fraction of sp³-hybridized carbons (Fsp3) is 0.278. The number of rotatable bonds is 5. The standard InChI is InChI=1S/C18H18N2O2/c19-13-16(20-9-8-14-4-2-1-3-5-14)15-6-7-17-18(12-15)22-11-10-21-17/h1-7,12,16,20H,8-11H2. The number of nitrogens with zero attached hydrogens (tertiary/aromatic N) is 1. The van der Waals surface area contributed by atoms with Crippen LogP contribution in [0.4, 0.5) is 0 Å². The summed E-state index contributed by atoms with van der Waals surface area (Å²) >= 11 is 0.